The number of hydrogen-bond donors (Lipinski definition) is 0. The number of carbonyl (C=O) groups is 1. The van der Waals surface area contributed by atoms with Crippen LogP contribution in [0.25, 0.3) is 0 Å². The molecular formula is C7H6F2O. The van der Waals surface area contributed by atoms with E-state index in [0.29, 0.717) is 0 Å². The second kappa shape index (κ2) is 2.05. The molecule has 0 aromatic carbocycles. The number of Topliss-reactive ketones (excluding diaryl/α,β-unsaturated/α-hetero) is 1. The summed E-state index contributed by atoms with van der Waals surface area (Å²) in [5.41, 5.74) is -2.02. The van der Waals surface area contributed by atoms with Crippen LogP contribution in [0, 0.1) is 12.3 Å². The molecule has 10 heavy (non-hydrogen) atoms. The summed E-state index contributed by atoms with van der Waals surface area (Å²) in [7, 11) is 0. The van der Waals surface area contributed by atoms with Gasteiger partial charge < -0.3 is 0 Å². The van der Waals surface area contributed by atoms with E-state index in [0.717, 1.165) is 0 Å². The van der Waals surface area contributed by atoms with Crippen LogP contribution >= 0.6 is 0 Å². The lowest BCUT2D eigenvalue weighted by Crippen LogP contribution is -2.15. The molecule has 54 valence electrons. The second-order valence-electron chi connectivity index (χ2n) is 2.42. The van der Waals surface area contributed by atoms with Gasteiger partial charge in [0, 0.05) is 6.42 Å². The van der Waals surface area contributed by atoms with E-state index in [1.165, 1.54) is 0 Å². The zero-order chi connectivity index (χ0) is 7.78. The Morgan fingerprint density at radius 2 is 2.40 bits per heavy atom. The van der Waals surface area contributed by atoms with Gasteiger partial charge in [0.25, 0.3) is 0 Å². The van der Waals surface area contributed by atoms with Gasteiger partial charge in [-0.1, -0.05) is 5.92 Å². The average Bonchev–Trinajstić information content (AvgIpc) is 2.10. The number of rotatable bonds is 0. The first kappa shape index (κ1) is 7.20. The summed E-state index contributed by atoms with van der Waals surface area (Å²) in [6, 6.07) is 0. The number of alkyl halides is 2. The molecule has 0 heterocycles. The normalized spacial score (nSPS) is 39.7. The third-order valence-electron chi connectivity index (χ3n) is 1.57. The Morgan fingerprint density at radius 1 is 1.80 bits per heavy atom. The molecule has 1 rings (SSSR count). The molecule has 2 unspecified atom stereocenters. The number of carbonyl (C=O) groups excluding carboxylic acids is 1. The molecule has 3 heteroatoms. The quantitative estimate of drug-likeness (QED) is 0.464. The van der Waals surface area contributed by atoms with Crippen molar-refractivity contribution in [1.82, 2.24) is 0 Å². The van der Waals surface area contributed by atoms with Crippen molar-refractivity contribution < 1.29 is 13.6 Å². The largest absolute Gasteiger partial charge is 0.296 e. The van der Waals surface area contributed by atoms with Gasteiger partial charge in [0.2, 0.25) is 0 Å². The van der Waals surface area contributed by atoms with E-state index in [2.05, 4.69) is 0 Å². The zero-order valence-corrected chi connectivity index (χ0v) is 5.23. The first-order chi connectivity index (χ1) is 4.57. The third-order valence-corrected chi connectivity index (χ3v) is 1.57. The number of hydrogen-bond acceptors (Lipinski definition) is 1. The van der Waals surface area contributed by atoms with Crippen LogP contribution in [0.15, 0.2) is 0 Å². The maximum atomic E-state index is 12.8. The number of halogens is 2. The maximum absolute atomic E-state index is 12.8. The summed E-state index contributed by atoms with van der Waals surface area (Å²) in [6.45, 7) is 0. The first-order valence-electron chi connectivity index (χ1n) is 2.91. The zero-order valence-electron chi connectivity index (χ0n) is 5.23. The molecule has 1 nitrogen and oxygen atoms in total. The predicted octanol–water partition coefficient (Wildman–Crippen LogP) is 1.03. The Labute approximate surface area is 57.4 Å². The fourth-order valence-electron chi connectivity index (χ4n) is 0.967. The maximum Gasteiger partial charge on any atom is 0.180 e. The summed E-state index contributed by atoms with van der Waals surface area (Å²) in [5.74, 6) is 1.05. The van der Waals surface area contributed by atoms with E-state index < -0.39 is 30.5 Å². The molecule has 0 aromatic rings. The molecule has 0 amide bonds. The molecule has 0 radical (unpaired) electrons. The van der Waals surface area contributed by atoms with Crippen molar-refractivity contribution in [3.63, 3.8) is 0 Å². The van der Waals surface area contributed by atoms with Gasteiger partial charge in [0.05, 0.1) is 6.42 Å². The van der Waals surface area contributed by atoms with Crippen molar-refractivity contribution in [2.45, 2.75) is 24.7 Å². The molecule has 0 saturated heterocycles. The van der Waals surface area contributed by atoms with Gasteiger partial charge in [0.1, 0.15) is 0 Å². The molecule has 0 bridgehead atoms. The van der Waals surface area contributed by atoms with E-state index in [-0.39, 0.29) is 0 Å². The highest BCUT2D eigenvalue weighted by Gasteiger charge is 2.44. The lowest BCUT2D eigenvalue weighted by atomic mass is 10.1. The Morgan fingerprint density at radius 3 is 2.60 bits per heavy atom. The molecule has 1 saturated carbocycles. The van der Waals surface area contributed by atoms with Crippen LogP contribution in [0.5, 0.6) is 0 Å². The van der Waals surface area contributed by atoms with Crippen LogP contribution in [-0.4, -0.2) is 17.6 Å². The highest BCUT2D eigenvalue weighted by Crippen LogP contribution is 2.31. The fraction of sp³-hybridized carbons (Fsp3) is 0.571. The monoisotopic (exact) mass is 144 g/mol. The highest BCUT2D eigenvalue weighted by atomic mass is 19.2. The van der Waals surface area contributed by atoms with Crippen LogP contribution in [0.2, 0.25) is 0 Å². The number of terminal acetylenes is 1. The van der Waals surface area contributed by atoms with Crippen LogP contribution in [0.1, 0.15) is 12.8 Å². The minimum absolute atomic E-state index is 0.468. The lowest BCUT2D eigenvalue weighted by molar-refractivity contribution is -0.121. The van der Waals surface area contributed by atoms with Crippen molar-refractivity contribution >= 4 is 5.78 Å². The Bertz CT molecular complexity index is 206. The van der Waals surface area contributed by atoms with E-state index in [9.17, 15) is 13.6 Å². The summed E-state index contributed by atoms with van der Waals surface area (Å²) in [5, 5.41) is 0. The van der Waals surface area contributed by atoms with Crippen molar-refractivity contribution in [2.75, 3.05) is 0 Å². The average molecular weight is 144 g/mol. The molecule has 1 aliphatic carbocycles. The van der Waals surface area contributed by atoms with E-state index in [1.54, 1.807) is 5.92 Å². The Balaban J connectivity index is 2.76. The number of ketones is 1. The van der Waals surface area contributed by atoms with Gasteiger partial charge in [0.15, 0.2) is 17.6 Å². The van der Waals surface area contributed by atoms with E-state index >= 15 is 0 Å². The van der Waals surface area contributed by atoms with Crippen molar-refractivity contribution in [2.24, 2.45) is 0 Å². The van der Waals surface area contributed by atoms with E-state index in [1.807, 2.05) is 0 Å². The topological polar surface area (TPSA) is 17.1 Å². The van der Waals surface area contributed by atoms with Crippen LogP contribution in [0.3, 0.4) is 0 Å². The Kier molecular flexibility index (Phi) is 1.47. The van der Waals surface area contributed by atoms with Crippen LogP contribution in [0.4, 0.5) is 8.78 Å². The SMILES string of the molecule is C#CC1(F)CC(=O)C(F)C1. The molecule has 0 spiro atoms. The van der Waals surface area contributed by atoms with Crippen molar-refractivity contribution in [3.05, 3.63) is 0 Å². The standard InChI is InChI=1S/C7H6F2O/c1-2-7(9)3-5(8)6(10)4-7/h1,5H,3-4H2. The van der Waals surface area contributed by atoms with Gasteiger partial charge in [-0.05, 0) is 0 Å². The van der Waals surface area contributed by atoms with Crippen molar-refractivity contribution in [1.29, 1.82) is 0 Å². The van der Waals surface area contributed by atoms with Gasteiger partial charge in [-0.25, -0.2) is 8.78 Å². The van der Waals surface area contributed by atoms with Gasteiger partial charge in [-0.15, -0.1) is 6.42 Å². The van der Waals surface area contributed by atoms with Crippen LogP contribution < -0.4 is 0 Å². The fourth-order valence-corrected chi connectivity index (χ4v) is 0.967. The summed E-state index contributed by atoms with van der Waals surface area (Å²) in [6.07, 6.45) is 2.12. The highest BCUT2D eigenvalue weighted by molar-refractivity contribution is 5.87. The summed E-state index contributed by atoms with van der Waals surface area (Å²) in [4.78, 5) is 10.4. The van der Waals surface area contributed by atoms with Gasteiger partial charge in [-0.2, -0.15) is 0 Å². The Hall–Kier alpha value is -0.910. The predicted molar refractivity (Wildman–Crippen MR) is 31.8 cm³/mol. The second-order valence-corrected chi connectivity index (χ2v) is 2.42. The van der Waals surface area contributed by atoms with Crippen molar-refractivity contribution in [3.8, 4) is 12.3 Å². The summed E-state index contributed by atoms with van der Waals surface area (Å²) >= 11 is 0. The van der Waals surface area contributed by atoms with Gasteiger partial charge >= 0.3 is 0 Å². The molecule has 0 aromatic heterocycles. The molecule has 1 aliphatic rings. The van der Waals surface area contributed by atoms with Crippen LogP contribution in [-0.2, 0) is 4.79 Å². The minimum atomic E-state index is -2.02. The lowest BCUT2D eigenvalue weighted by Gasteiger charge is -2.06. The molecule has 0 aliphatic heterocycles. The first-order valence-corrected chi connectivity index (χ1v) is 2.91. The van der Waals surface area contributed by atoms with E-state index in [4.69, 9.17) is 6.42 Å². The van der Waals surface area contributed by atoms with Gasteiger partial charge in [-0.3, -0.25) is 4.79 Å². The molecule has 1 fully saturated rings. The molecular weight excluding hydrogens is 138 g/mol. The third kappa shape index (κ3) is 1.02. The molecule has 2 atom stereocenters. The smallest absolute Gasteiger partial charge is 0.180 e. The molecule has 0 N–H and O–H groups in total. The summed E-state index contributed by atoms with van der Waals surface area (Å²) < 4.78 is 25.2. The minimum Gasteiger partial charge on any atom is -0.296 e.